The minimum absolute atomic E-state index is 0.174. The number of nitrogens with zero attached hydrogens (tertiary/aromatic N) is 3. The number of carbonyl (C=O) groups excluding carboxylic acids is 1. The molecule has 180 valence electrons. The molecule has 1 aromatic carbocycles. The van der Waals surface area contributed by atoms with E-state index < -0.39 is 5.60 Å². The van der Waals surface area contributed by atoms with Crippen LogP contribution in [0.4, 0.5) is 4.79 Å². The summed E-state index contributed by atoms with van der Waals surface area (Å²) in [6.45, 7) is 7.50. The zero-order chi connectivity index (χ0) is 22.9. The molecule has 1 spiro atoms. The summed E-state index contributed by atoms with van der Waals surface area (Å²) in [5.74, 6) is 3.82. The molecule has 1 aliphatic carbocycles. The van der Waals surface area contributed by atoms with Crippen molar-refractivity contribution in [3.63, 3.8) is 0 Å². The molecular weight excluding hydrogens is 428 g/mol. The van der Waals surface area contributed by atoms with Crippen LogP contribution in [-0.2, 0) is 10.3 Å². The van der Waals surface area contributed by atoms with Gasteiger partial charge in [0.05, 0.1) is 18.0 Å². The third-order valence-electron chi connectivity index (χ3n) is 8.85. The standard InChI is InChI=1S/C27H34N4O3/c1-17-2-5-20-22(14-17)34-27(8-12-31(13-9-27)26(32)33-16-18-3-4-18)24-23(20)28-25(29-24)21-15-30-10-6-19(21)7-11-30/h2,5,14,18-19,21H,3-4,6-13,15-16H2,1H3,(H,28,29). The van der Waals surface area contributed by atoms with Gasteiger partial charge >= 0.3 is 6.09 Å². The monoisotopic (exact) mass is 462 g/mol. The van der Waals surface area contributed by atoms with E-state index in [1.165, 1.54) is 44.3 Å². The molecule has 6 aliphatic rings. The average molecular weight is 463 g/mol. The fourth-order valence-electron chi connectivity index (χ4n) is 6.51. The Morgan fingerprint density at radius 3 is 2.68 bits per heavy atom. The molecule has 1 aromatic heterocycles. The van der Waals surface area contributed by atoms with Gasteiger partial charge in [-0.3, -0.25) is 0 Å². The maximum atomic E-state index is 12.6. The van der Waals surface area contributed by atoms with E-state index in [2.05, 4.69) is 35.0 Å². The molecular formula is C27H34N4O3. The van der Waals surface area contributed by atoms with Gasteiger partial charge in [-0.1, -0.05) is 6.07 Å². The highest BCUT2D eigenvalue weighted by molar-refractivity contribution is 5.74. The van der Waals surface area contributed by atoms with Crippen molar-refractivity contribution in [3.05, 3.63) is 35.3 Å². The summed E-state index contributed by atoms with van der Waals surface area (Å²) in [7, 11) is 0. The van der Waals surface area contributed by atoms with Gasteiger partial charge in [0, 0.05) is 44.0 Å². The molecule has 5 fully saturated rings. The average Bonchev–Trinajstić information content (AvgIpc) is 3.59. The lowest BCUT2D eigenvalue weighted by Crippen LogP contribution is -2.49. The van der Waals surface area contributed by atoms with Gasteiger partial charge < -0.3 is 24.3 Å². The molecule has 1 unspecified atom stereocenters. The molecule has 2 bridgehead atoms. The molecule has 7 nitrogen and oxygen atoms in total. The van der Waals surface area contributed by atoms with Crippen LogP contribution in [0.15, 0.2) is 18.2 Å². The Morgan fingerprint density at radius 1 is 1.18 bits per heavy atom. The number of fused-ring (bicyclic) bond motifs is 7. The maximum absolute atomic E-state index is 12.6. The van der Waals surface area contributed by atoms with Gasteiger partial charge in [0.25, 0.3) is 0 Å². The van der Waals surface area contributed by atoms with Gasteiger partial charge in [0.15, 0.2) is 5.60 Å². The lowest BCUT2D eigenvalue weighted by molar-refractivity contribution is -0.00902. The fraction of sp³-hybridized carbons (Fsp3) is 0.630. The number of H-pyrrole nitrogens is 1. The molecule has 4 saturated heterocycles. The molecule has 0 radical (unpaired) electrons. The Kier molecular flexibility index (Phi) is 4.73. The van der Waals surface area contributed by atoms with Crippen LogP contribution in [0.2, 0.25) is 0 Å². The number of benzene rings is 1. The summed E-state index contributed by atoms with van der Waals surface area (Å²) in [6, 6.07) is 6.44. The van der Waals surface area contributed by atoms with E-state index in [-0.39, 0.29) is 6.09 Å². The van der Waals surface area contributed by atoms with Crippen molar-refractivity contribution in [2.75, 3.05) is 39.3 Å². The predicted octanol–water partition coefficient (Wildman–Crippen LogP) is 4.42. The van der Waals surface area contributed by atoms with Crippen molar-refractivity contribution in [2.45, 2.75) is 57.0 Å². The van der Waals surface area contributed by atoms with E-state index in [1.807, 2.05) is 4.90 Å². The van der Waals surface area contributed by atoms with Gasteiger partial charge in [-0.15, -0.1) is 0 Å². The first-order valence-corrected chi connectivity index (χ1v) is 13.1. The number of carbonyl (C=O) groups is 1. The number of aryl methyl sites for hydroxylation is 1. The number of rotatable bonds is 3. The second-order valence-corrected chi connectivity index (χ2v) is 11.2. The predicted molar refractivity (Wildman–Crippen MR) is 128 cm³/mol. The van der Waals surface area contributed by atoms with Crippen LogP contribution < -0.4 is 4.74 Å². The highest BCUT2D eigenvalue weighted by atomic mass is 16.6. The summed E-state index contributed by atoms with van der Waals surface area (Å²) in [4.78, 5) is 26.1. The van der Waals surface area contributed by atoms with Crippen LogP contribution in [-0.4, -0.2) is 65.2 Å². The number of amides is 1. The molecule has 2 aromatic rings. The fourth-order valence-corrected chi connectivity index (χ4v) is 6.51. The van der Waals surface area contributed by atoms with Crippen molar-refractivity contribution in [3.8, 4) is 17.0 Å². The van der Waals surface area contributed by atoms with E-state index in [9.17, 15) is 4.79 Å². The molecule has 6 heterocycles. The van der Waals surface area contributed by atoms with Gasteiger partial charge in [0.2, 0.25) is 0 Å². The van der Waals surface area contributed by atoms with E-state index >= 15 is 0 Å². The van der Waals surface area contributed by atoms with E-state index in [0.29, 0.717) is 31.5 Å². The van der Waals surface area contributed by atoms with Crippen LogP contribution in [0.1, 0.15) is 61.5 Å². The summed E-state index contributed by atoms with van der Waals surface area (Å²) in [5, 5.41) is 0. The molecule has 7 heteroatoms. The minimum Gasteiger partial charge on any atom is -0.480 e. The smallest absolute Gasteiger partial charge is 0.409 e. The minimum atomic E-state index is -0.470. The second-order valence-electron chi connectivity index (χ2n) is 11.2. The van der Waals surface area contributed by atoms with Crippen molar-refractivity contribution in [1.29, 1.82) is 0 Å². The summed E-state index contributed by atoms with van der Waals surface area (Å²) in [6.07, 6.45) is 6.23. The number of aromatic amines is 1. The van der Waals surface area contributed by atoms with Crippen LogP contribution in [0.5, 0.6) is 5.75 Å². The Hall–Kier alpha value is -2.54. The SMILES string of the molecule is Cc1ccc2c(c1)OC1(CCN(C(=O)OCC3CC3)CC1)c1[nH]c(C3CN4CCC3CC4)nc1-2. The quantitative estimate of drug-likeness (QED) is 0.731. The van der Waals surface area contributed by atoms with E-state index in [0.717, 1.165) is 53.8 Å². The number of likely N-dealkylation sites (tertiary alicyclic amines) is 1. The first kappa shape index (κ1) is 20.8. The highest BCUT2D eigenvalue weighted by Crippen LogP contribution is 2.50. The number of hydrogen-bond donors (Lipinski definition) is 1. The van der Waals surface area contributed by atoms with Crippen molar-refractivity contribution < 1.29 is 14.3 Å². The third-order valence-corrected chi connectivity index (χ3v) is 8.85. The Morgan fingerprint density at radius 2 is 1.97 bits per heavy atom. The van der Waals surface area contributed by atoms with Crippen LogP contribution in [0.25, 0.3) is 11.3 Å². The second kappa shape index (κ2) is 7.74. The zero-order valence-electron chi connectivity index (χ0n) is 20.0. The molecule has 8 rings (SSSR count). The third kappa shape index (κ3) is 3.43. The lowest BCUT2D eigenvalue weighted by atomic mass is 9.79. The van der Waals surface area contributed by atoms with Crippen molar-refractivity contribution >= 4 is 6.09 Å². The molecule has 5 aliphatic heterocycles. The zero-order valence-corrected chi connectivity index (χ0v) is 20.0. The van der Waals surface area contributed by atoms with Gasteiger partial charge in [-0.2, -0.15) is 0 Å². The van der Waals surface area contributed by atoms with Crippen LogP contribution in [0.3, 0.4) is 0 Å². The molecule has 1 N–H and O–H groups in total. The number of nitrogens with one attached hydrogen (secondary N) is 1. The van der Waals surface area contributed by atoms with Crippen molar-refractivity contribution in [1.82, 2.24) is 19.8 Å². The van der Waals surface area contributed by atoms with E-state index in [4.69, 9.17) is 14.5 Å². The number of piperidine rings is 4. The summed E-state index contributed by atoms with van der Waals surface area (Å²) in [5.41, 5.74) is 3.97. The first-order valence-electron chi connectivity index (χ1n) is 13.1. The number of ether oxygens (including phenoxy) is 2. The Bertz CT molecular complexity index is 1110. The number of hydrogen-bond acceptors (Lipinski definition) is 5. The Labute approximate surface area is 200 Å². The van der Waals surface area contributed by atoms with E-state index in [1.54, 1.807) is 0 Å². The molecule has 1 amide bonds. The van der Waals surface area contributed by atoms with Gasteiger partial charge in [-0.05, 0) is 75.2 Å². The number of imidazole rings is 1. The van der Waals surface area contributed by atoms with Crippen LogP contribution in [0, 0.1) is 18.8 Å². The lowest BCUT2D eigenvalue weighted by Gasteiger charge is -2.44. The topological polar surface area (TPSA) is 70.7 Å². The number of aromatic nitrogens is 2. The van der Waals surface area contributed by atoms with Gasteiger partial charge in [0.1, 0.15) is 11.6 Å². The summed E-state index contributed by atoms with van der Waals surface area (Å²) >= 11 is 0. The maximum Gasteiger partial charge on any atom is 0.409 e. The summed E-state index contributed by atoms with van der Waals surface area (Å²) < 4.78 is 12.4. The molecule has 1 atom stereocenters. The Balaban J connectivity index is 1.20. The largest absolute Gasteiger partial charge is 0.480 e. The molecule has 1 saturated carbocycles. The van der Waals surface area contributed by atoms with Crippen LogP contribution >= 0.6 is 0 Å². The first-order chi connectivity index (χ1) is 16.6. The van der Waals surface area contributed by atoms with Gasteiger partial charge in [-0.25, -0.2) is 9.78 Å². The normalized spacial score (nSPS) is 28.9. The molecule has 34 heavy (non-hydrogen) atoms. The highest BCUT2D eigenvalue weighted by Gasteiger charge is 2.48. The van der Waals surface area contributed by atoms with Crippen molar-refractivity contribution in [2.24, 2.45) is 11.8 Å².